The van der Waals surface area contributed by atoms with Crippen molar-refractivity contribution in [3.05, 3.63) is 34.3 Å². The highest BCUT2D eigenvalue weighted by molar-refractivity contribution is 6.34. The second-order valence-corrected chi connectivity index (χ2v) is 6.85. The fourth-order valence-electron chi connectivity index (χ4n) is 3.07. The molecular weight excluding hydrogens is 363 g/mol. The summed E-state index contributed by atoms with van der Waals surface area (Å²) in [5, 5.41) is 10.6. The molecule has 1 aliphatic heterocycles. The van der Waals surface area contributed by atoms with E-state index in [0.717, 1.165) is 19.3 Å². The van der Waals surface area contributed by atoms with E-state index in [4.69, 9.17) is 27.9 Å². The number of ether oxygens (including phenoxy) is 1. The van der Waals surface area contributed by atoms with Gasteiger partial charge in [-0.25, -0.2) is 9.97 Å². The normalized spacial score (nSPS) is 18.0. The van der Waals surface area contributed by atoms with E-state index < -0.39 is 0 Å². The number of imidazole rings is 1. The molecule has 25 heavy (non-hydrogen) atoms. The maximum atomic E-state index is 10.1. The number of aromatic nitrogens is 4. The fourth-order valence-corrected chi connectivity index (χ4v) is 3.55. The largest absolute Gasteiger partial charge is 0.508 e. The van der Waals surface area contributed by atoms with Gasteiger partial charge in [0.25, 0.3) is 0 Å². The van der Waals surface area contributed by atoms with Crippen molar-refractivity contribution in [2.24, 2.45) is 0 Å². The summed E-state index contributed by atoms with van der Waals surface area (Å²) >= 11 is 12.5. The molecule has 8 heteroatoms. The van der Waals surface area contributed by atoms with E-state index in [1.165, 1.54) is 0 Å². The van der Waals surface area contributed by atoms with Gasteiger partial charge in [0.1, 0.15) is 23.2 Å². The van der Waals surface area contributed by atoms with Crippen LogP contribution in [0.3, 0.4) is 0 Å². The van der Waals surface area contributed by atoms with Gasteiger partial charge in [0.05, 0.1) is 11.3 Å². The first-order chi connectivity index (χ1) is 12.0. The summed E-state index contributed by atoms with van der Waals surface area (Å²) in [4.78, 5) is 13.1. The van der Waals surface area contributed by atoms with Gasteiger partial charge in [-0.1, -0.05) is 11.6 Å². The molecule has 0 bridgehead atoms. The molecule has 1 fully saturated rings. The summed E-state index contributed by atoms with van der Waals surface area (Å²) in [6.45, 7) is 2.50. The summed E-state index contributed by atoms with van der Waals surface area (Å²) in [5.41, 5.74) is 2.91. The zero-order valence-corrected chi connectivity index (χ0v) is 15.0. The van der Waals surface area contributed by atoms with Crippen LogP contribution in [-0.4, -0.2) is 31.2 Å². The lowest BCUT2D eigenvalue weighted by atomic mass is 10.1. The third kappa shape index (κ3) is 2.94. The summed E-state index contributed by atoms with van der Waals surface area (Å²) in [6.07, 6.45) is 4.63. The van der Waals surface area contributed by atoms with E-state index >= 15 is 0 Å². The van der Waals surface area contributed by atoms with Crippen LogP contribution >= 0.6 is 23.2 Å². The van der Waals surface area contributed by atoms with Crippen molar-refractivity contribution >= 4 is 34.4 Å². The summed E-state index contributed by atoms with van der Waals surface area (Å²) in [5.74, 6) is 0.136. The molecule has 130 valence electrons. The molecule has 0 radical (unpaired) electrons. The zero-order chi connectivity index (χ0) is 17.6. The first-order valence-corrected chi connectivity index (χ1v) is 8.81. The smallest absolute Gasteiger partial charge is 0.225 e. The molecule has 3 heterocycles. The van der Waals surface area contributed by atoms with Crippen LogP contribution in [0.4, 0.5) is 0 Å². The standard InChI is InChI=1S/C17H16Cl2N4O2/c1-9-6-11(18)10(7-12(9)24)14-15-16(22-17(19)21-14)23(8-20-15)13-4-2-3-5-25-13/h6-8,13,24H,2-5H2,1H3. The number of aryl methyl sites for hydroxylation is 1. The number of halogens is 2. The number of hydrogen-bond donors (Lipinski definition) is 1. The maximum Gasteiger partial charge on any atom is 0.225 e. The Kier molecular flexibility index (Phi) is 4.27. The van der Waals surface area contributed by atoms with Crippen molar-refractivity contribution in [1.29, 1.82) is 0 Å². The number of phenols is 1. The van der Waals surface area contributed by atoms with Crippen LogP contribution in [0.5, 0.6) is 5.75 Å². The molecule has 1 aliphatic rings. The second kappa shape index (κ2) is 6.44. The number of nitrogens with zero attached hydrogens (tertiary/aromatic N) is 4. The van der Waals surface area contributed by atoms with E-state index in [1.807, 2.05) is 4.57 Å². The lowest BCUT2D eigenvalue weighted by molar-refractivity contribution is -0.0298. The van der Waals surface area contributed by atoms with Crippen LogP contribution in [0.15, 0.2) is 18.5 Å². The van der Waals surface area contributed by atoms with Crippen molar-refractivity contribution < 1.29 is 9.84 Å². The van der Waals surface area contributed by atoms with Gasteiger partial charge in [0.2, 0.25) is 5.28 Å². The van der Waals surface area contributed by atoms with Crippen LogP contribution in [0.2, 0.25) is 10.3 Å². The zero-order valence-electron chi connectivity index (χ0n) is 13.5. The maximum absolute atomic E-state index is 10.1. The van der Waals surface area contributed by atoms with Crippen LogP contribution in [0.25, 0.3) is 22.4 Å². The van der Waals surface area contributed by atoms with E-state index in [9.17, 15) is 5.11 Å². The first kappa shape index (κ1) is 16.6. The van der Waals surface area contributed by atoms with E-state index in [-0.39, 0.29) is 17.3 Å². The Balaban J connectivity index is 1.91. The summed E-state index contributed by atoms with van der Waals surface area (Å²) in [6, 6.07) is 3.27. The Morgan fingerprint density at radius 1 is 1.24 bits per heavy atom. The van der Waals surface area contributed by atoms with E-state index in [0.29, 0.717) is 39.6 Å². The Labute approximate surface area is 154 Å². The summed E-state index contributed by atoms with van der Waals surface area (Å²) < 4.78 is 7.71. The molecule has 3 aromatic rings. The van der Waals surface area contributed by atoms with Gasteiger partial charge >= 0.3 is 0 Å². The Hall–Kier alpha value is -1.89. The van der Waals surface area contributed by atoms with Gasteiger partial charge in [0.15, 0.2) is 5.65 Å². The minimum Gasteiger partial charge on any atom is -0.508 e. The third-order valence-electron chi connectivity index (χ3n) is 4.40. The molecule has 6 nitrogen and oxygen atoms in total. The van der Waals surface area contributed by atoms with E-state index in [2.05, 4.69) is 15.0 Å². The van der Waals surface area contributed by atoms with Gasteiger partial charge in [-0.05, 0) is 55.5 Å². The SMILES string of the molecule is Cc1cc(Cl)c(-c2nc(Cl)nc3c2ncn3C2CCCCO2)cc1O. The monoisotopic (exact) mass is 378 g/mol. The quantitative estimate of drug-likeness (QED) is 0.663. The van der Waals surface area contributed by atoms with Crippen molar-refractivity contribution in [2.75, 3.05) is 6.61 Å². The molecule has 0 spiro atoms. The van der Waals surface area contributed by atoms with Crippen LogP contribution in [0, 0.1) is 6.92 Å². The van der Waals surface area contributed by atoms with Gasteiger partial charge in [0, 0.05) is 12.2 Å². The molecule has 1 aromatic carbocycles. The molecule has 2 aromatic heterocycles. The molecular formula is C17H16Cl2N4O2. The average Bonchev–Trinajstić information content (AvgIpc) is 3.02. The van der Waals surface area contributed by atoms with Gasteiger partial charge < -0.3 is 9.84 Å². The summed E-state index contributed by atoms with van der Waals surface area (Å²) in [7, 11) is 0. The number of phenolic OH excluding ortho intramolecular Hbond substituents is 1. The number of rotatable bonds is 2. The second-order valence-electron chi connectivity index (χ2n) is 6.11. The highest BCUT2D eigenvalue weighted by Gasteiger charge is 2.22. The lowest BCUT2D eigenvalue weighted by Gasteiger charge is -2.23. The minimum absolute atomic E-state index is 0.0937. The molecule has 4 rings (SSSR count). The van der Waals surface area contributed by atoms with Crippen LogP contribution in [-0.2, 0) is 4.74 Å². The van der Waals surface area contributed by atoms with Crippen molar-refractivity contribution in [3.8, 4) is 17.0 Å². The van der Waals surface area contributed by atoms with Crippen molar-refractivity contribution in [2.45, 2.75) is 32.4 Å². The molecule has 0 aliphatic carbocycles. The fraction of sp³-hybridized carbons (Fsp3) is 0.353. The topological polar surface area (TPSA) is 73.1 Å². The lowest BCUT2D eigenvalue weighted by Crippen LogP contribution is -2.17. The van der Waals surface area contributed by atoms with Crippen molar-refractivity contribution in [3.63, 3.8) is 0 Å². The average molecular weight is 379 g/mol. The molecule has 1 unspecified atom stereocenters. The number of fused-ring (bicyclic) bond motifs is 1. The van der Waals surface area contributed by atoms with Crippen LogP contribution < -0.4 is 0 Å². The minimum atomic E-state index is -0.112. The first-order valence-electron chi connectivity index (χ1n) is 8.06. The Bertz CT molecular complexity index is 951. The Morgan fingerprint density at radius 3 is 2.84 bits per heavy atom. The van der Waals surface area contributed by atoms with Crippen molar-refractivity contribution in [1.82, 2.24) is 19.5 Å². The van der Waals surface area contributed by atoms with Gasteiger partial charge in [-0.15, -0.1) is 0 Å². The Morgan fingerprint density at radius 2 is 2.08 bits per heavy atom. The highest BCUT2D eigenvalue weighted by Crippen LogP contribution is 2.36. The van der Waals surface area contributed by atoms with Gasteiger partial charge in [-0.2, -0.15) is 4.98 Å². The molecule has 1 saturated heterocycles. The molecule has 1 atom stereocenters. The molecule has 1 N–H and O–H groups in total. The highest BCUT2D eigenvalue weighted by atomic mass is 35.5. The number of benzene rings is 1. The molecule has 0 saturated carbocycles. The van der Waals surface area contributed by atoms with Gasteiger partial charge in [-0.3, -0.25) is 4.57 Å². The third-order valence-corrected chi connectivity index (χ3v) is 4.88. The molecule has 0 amide bonds. The predicted molar refractivity (Wildman–Crippen MR) is 96.0 cm³/mol. The van der Waals surface area contributed by atoms with E-state index in [1.54, 1.807) is 25.4 Å². The number of hydrogen-bond acceptors (Lipinski definition) is 5. The van der Waals surface area contributed by atoms with Crippen LogP contribution in [0.1, 0.15) is 31.1 Å². The number of aromatic hydroxyl groups is 1. The predicted octanol–water partition coefficient (Wildman–Crippen LogP) is 4.51.